The first-order valence-corrected chi connectivity index (χ1v) is 22.5. The first kappa shape index (κ1) is 38.0. The highest BCUT2D eigenvalue weighted by Gasteiger charge is 2.41. The van der Waals surface area contributed by atoms with Crippen LogP contribution in [0, 0.1) is 0 Å². The van der Waals surface area contributed by atoms with Crippen LogP contribution in [0.2, 0.25) is 0 Å². The van der Waals surface area contributed by atoms with Crippen LogP contribution in [0.4, 0.5) is 17.1 Å². The lowest BCUT2D eigenvalue weighted by molar-refractivity contribution is 0.660. The summed E-state index contributed by atoms with van der Waals surface area (Å²) < 4.78 is 0. The molecule has 1 atom stereocenters. The van der Waals surface area contributed by atoms with Crippen molar-refractivity contribution >= 4 is 27.8 Å². The minimum Gasteiger partial charge on any atom is -0.309 e. The van der Waals surface area contributed by atoms with Gasteiger partial charge in [0.05, 0.1) is 11.4 Å². The van der Waals surface area contributed by atoms with Crippen molar-refractivity contribution in [1.29, 1.82) is 0 Å². The second-order valence-corrected chi connectivity index (χ2v) is 18.2. The summed E-state index contributed by atoms with van der Waals surface area (Å²) in [6, 6.07) is 85.6. The highest BCUT2D eigenvalue weighted by Crippen LogP contribution is 2.56. The van der Waals surface area contributed by atoms with Crippen molar-refractivity contribution in [3.8, 4) is 55.6 Å². The predicted octanol–water partition coefficient (Wildman–Crippen LogP) is 17.0. The van der Waals surface area contributed by atoms with Crippen LogP contribution in [0.25, 0.3) is 66.4 Å². The van der Waals surface area contributed by atoms with Crippen molar-refractivity contribution in [3.63, 3.8) is 0 Å². The summed E-state index contributed by atoms with van der Waals surface area (Å²) in [6.45, 7) is 7.14. The average Bonchev–Trinajstić information content (AvgIpc) is 3.76. The van der Waals surface area contributed by atoms with E-state index in [-0.39, 0.29) is 10.8 Å². The van der Waals surface area contributed by atoms with Crippen LogP contribution in [0.15, 0.2) is 231 Å². The van der Waals surface area contributed by atoms with Gasteiger partial charge in [-0.15, -0.1) is 0 Å². The largest absolute Gasteiger partial charge is 0.309 e. The van der Waals surface area contributed by atoms with Crippen LogP contribution in [-0.2, 0) is 10.8 Å². The third kappa shape index (κ3) is 5.77. The second-order valence-electron chi connectivity index (χ2n) is 18.2. The maximum atomic E-state index is 2.51. The van der Waals surface area contributed by atoms with E-state index in [0.717, 1.165) is 17.1 Å². The molecule has 1 unspecified atom stereocenters. The Hall–Kier alpha value is -7.74. The normalized spacial score (nSPS) is 15.3. The lowest BCUT2D eigenvalue weighted by Gasteiger charge is -2.31. The maximum Gasteiger partial charge on any atom is 0.0540 e. The van der Waals surface area contributed by atoms with E-state index in [2.05, 4.69) is 256 Å². The molecule has 10 aromatic carbocycles. The smallest absolute Gasteiger partial charge is 0.0540 e. The summed E-state index contributed by atoms with van der Waals surface area (Å²) in [4.78, 5) is 2.51. The number of rotatable bonds is 7. The van der Waals surface area contributed by atoms with Crippen molar-refractivity contribution in [1.82, 2.24) is 0 Å². The molecule has 0 bridgehead atoms. The number of fused-ring (bicyclic) bond motifs is 7. The van der Waals surface area contributed by atoms with E-state index in [1.54, 1.807) is 0 Å². The van der Waals surface area contributed by atoms with Crippen LogP contribution in [0.3, 0.4) is 0 Å². The van der Waals surface area contributed by atoms with Crippen molar-refractivity contribution in [2.24, 2.45) is 0 Å². The van der Waals surface area contributed by atoms with Crippen LogP contribution in [0.1, 0.15) is 48.6 Å². The first-order chi connectivity index (χ1) is 31.4. The Morgan fingerprint density at radius 1 is 0.312 bits per heavy atom. The van der Waals surface area contributed by atoms with Gasteiger partial charge in [0.2, 0.25) is 0 Å². The second kappa shape index (κ2) is 14.7. The van der Waals surface area contributed by atoms with Gasteiger partial charge in [-0.3, -0.25) is 0 Å². The standard InChI is InChI=1S/C63H47N/c1-62(2)55-30-13-10-28-54(55)61-53(29-18-32-57(61)62)52-27-12-16-34-60(52)64(48-24-17-21-44(40-48)45-36-35-42-19-7-8-20-43(42)39-45)59-33-15-11-25-49(59)46-37-38-51-50-26-9-14-31-56(50)63(3,58(51)41-46)47-22-5-4-6-23-47/h4-41H,1-3H3. The third-order valence-corrected chi connectivity index (χ3v) is 14.4. The number of benzene rings is 10. The van der Waals surface area contributed by atoms with E-state index < -0.39 is 0 Å². The molecule has 1 heteroatoms. The molecule has 0 aromatic heterocycles. The Labute approximate surface area is 376 Å². The molecule has 0 amide bonds. The molecule has 0 fully saturated rings. The monoisotopic (exact) mass is 817 g/mol. The molecular formula is C63H47N. The molecule has 0 N–H and O–H groups in total. The molecule has 10 aromatic rings. The third-order valence-electron chi connectivity index (χ3n) is 14.4. The summed E-state index contributed by atoms with van der Waals surface area (Å²) in [7, 11) is 0. The van der Waals surface area contributed by atoms with E-state index in [9.17, 15) is 0 Å². The number of anilines is 3. The summed E-state index contributed by atoms with van der Waals surface area (Å²) in [5.41, 5.74) is 22.1. The summed E-state index contributed by atoms with van der Waals surface area (Å²) in [5, 5.41) is 2.48. The Bertz CT molecular complexity index is 3450. The molecular weight excluding hydrogens is 771 g/mol. The van der Waals surface area contributed by atoms with Crippen LogP contribution in [0.5, 0.6) is 0 Å². The van der Waals surface area contributed by atoms with E-state index >= 15 is 0 Å². The molecule has 2 aliphatic rings. The Morgan fingerprint density at radius 2 is 0.875 bits per heavy atom. The fourth-order valence-electron chi connectivity index (χ4n) is 11.1. The molecule has 2 aliphatic carbocycles. The van der Waals surface area contributed by atoms with Gasteiger partial charge in [-0.1, -0.05) is 208 Å². The van der Waals surface area contributed by atoms with Gasteiger partial charge < -0.3 is 4.90 Å². The molecule has 0 heterocycles. The molecule has 64 heavy (non-hydrogen) atoms. The Kier molecular flexibility index (Phi) is 8.71. The first-order valence-electron chi connectivity index (χ1n) is 22.5. The number of hydrogen-bond acceptors (Lipinski definition) is 1. The average molecular weight is 818 g/mol. The van der Waals surface area contributed by atoms with Crippen LogP contribution >= 0.6 is 0 Å². The van der Waals surface area contributed by atoms with Crippen molar-refractivity contribution in [2.75, 3.05) is 4.90 Å². The number of para-hydroxylation sites is 2. The SMILES string of the molecule is CC1(C)c2ccccc2-c2c(-c3ccccc3N(c3cccc(-c4ccc5ccccc5c4)c3)c3ccccc3-c3ccc4c(c3)C(C)(c3ccccc3)c3ccccc3-4)cccc21. The quantitative estimate of drug-likeness (QED) is 0.155. The zero-order valence-electron chi connectivity index (χ0n) is 36.4. The molecule has 0 spiro atoms. The van der Waals surface area contributed by atoms with Gasteiger partial charge in [0.25, 0.3) is 0 Å². The maximum absolute atomic E-state index is 2.51. The van der Waals surface area contributed by atoms with Gasteiger partial charge in [-0.2, -0.15) is 0 Å². The van der Waals surface area contributed by atoms with E-state index in [0.29, 0.717) is 0 Å². The van der Waals surface area contributed by atoms with E-state index in [4.69, 9.17) is 0 Å². The highest BCUT2D eigenvalue weighted by atomic mass is 15.1. The number of hydrogen-bond donors (Lipinski definition) is 0. The minimum atomic E-state index is -0.309. The van der Waals surface area contributed by atoms with Crippen molar-refractivity contribution in [3.05, 3.63) is 258 Å². The molecule has 0 saturated carbocycles. The van der Waals surface area contributed by atoms with E-state index in [1.165, 1.54) is 94.2 Å². The van der Waals surface area contributed by atoms with Gasteiger partial charge in [0.1, 0.15) is 0 Å². The van der Waals surface area contributed by atoms with Crippen molar-refractivity contribution in [2.45, 2.75) is 31.6 Å². The van der Waals surface area contributed by atoms with Gasteiger partial charge in [0.15, 0.2) is 0 Å². The molecule has 0 saturated heterocycles. The lowest BCUT2D eigenvalue weighted by Crippen LogP contribution is -2.22. The topological polar surface area (TPSA) is 3.24 Å². The lowest BCUT2D eigenvalue weighted by atomic mass is 9.74. The summed E-state index contributed by atoms with van der Waals surface area (Å²) in [5.74, 6) is 0. The fraction of sp³-hybridized carbons (Fsp3) is 0.0794. The van der Waals surface area contributed by atoms with Crippen LogP contribution < -0.4 is 4.90 Å². The number of nitrogens with zero attached hydrogens (tertiary/aromatic N) is 1. The van der Waals surface area contributed by atoms with Crippen LogP contribution in [-0.4, -0.2) is 0 Å². The Balaban J connectivity index is 1.09. The summed E-state index contributed by atoms with van der Waals surface area (Å²) >= 11 is 0. The summed E-state index contributed by atoms with van der Waals surface area (Å²) in [6.07, 6.45) is 0. The molecule has 304 valence electrons. The zero-order chi connectivity index (χ0) is 43.0. The van der Waals surface area contributed by atoms with Crippen molar-refractivity contribution < 1.29 is 0 Å². The molecule has 0 aliphatic heterocycles. The molecule has 12 rings (SSSR count). The fourth-order valence-corrected chi connectivity index (χ4v) is 11.1. The Morgan fingerprint density at radius 3 is 1.69 bits per heavy atom. The molecule has 1 nitrogen and oxygen atoms in total. The predicted molar refractivity (Wildman–Crippen MR) is 270 cm³/mol. The van der Waals surface area contributed by atoms with Gasteiger partial charge >= 0.3 is 0 Å². The van der Waals surface area contributed by atoms with E-state index in [1.807, 2.05) is 0 Å². The van der Waals surface area contributed by atoms with Gasteiger partial charge in [-0.25, -0.2) is 0 Å². The van der Waals surface area contributed by atoms with Gasteiger partial charge in [0, 0.05) is 27.6 Å². The van der Waals surface area contributed by atoms with Gasteiger partial charge in [-0.05, 0) is 126 Å². The zero-order valence-corrected chi connectivity index (χ0v) is 36.4. The molecule has 0 radical (unpaired) electrons. The highest BCUT2D eigenvalue weighted by molar-refractivity contribution is 6.00. The minimum absolute atomic E-state index is 0.112.